The SMILES string of the molecule is Cc1ccc(C(=O)N(C)Cc2ccco2)cc1NC(=O)c1ccco1. The van der Waals surface area contributed by atoms with Crippen LogP contribution in [0.3, 0.4) is 0 Å². The Morgan fingerprint density at radius 1 is 1.08 bits per heavy atom. The maximum Gasteiger partial charge on any atom is 0.291 e. The third-order valence-corrected chi connectivity index (χ3v) is 3.80. The van der Waals surface area contributed by atoms with E-state index in [1.807, 2.05) is 13.0 Å². The van der Waals surface area contributed by atoms with Crippen molar-refractivity contribution in [3.63, 3.8) is 0 Å². The third-order valence-electron chi connectivity index (χ3n) is 3.80. The summed E-state index contributed by atoms with van der Waals surface area (Å²) in [5.41, 5.74) is 1.90. The molecule has 2 aromatic heterocycles. The molecule has 3 aromatic rings. The molecule has 0 aliphatic heterocycles. The number of nitrogens with zero attached hydrogens (tertiary/aromatic N) is 1. The molecule has 25 heavy (non-hydrogen) atoms. The summed E-state index contributed by atoms with van der Waals surface area (Å²) >= 11 is 0. The molecule has 1 N–H and O–H groups in total. The summed E-state index contributed by atoms with van der Waals surface area (Å²) in [6.45, 7) is 2.23. The Morgan fingerprint density at radius 3 is 2.52 bits per heavy atom. The van der Waals surface area contributed by atoms with Gasteiger partial charge in [-0.1, -0.05) is 6.07 Å². The van der Waals surface area contributed by atoms with Crippen LogP contribution in [0.25, 0.3) is 0 Å². The molecule has 128 valence electrons. The largest absolute Gasteiger partial charge is 0.467 e. The van der Waals surface area contributed by atoms with Gasteiger partial charge in [-0.2, -0.15) is 0 Å². The molecular formula is C19H18N2O4. The number of carbonyl (C=O) groups excluding carboxylic acids is 2. The van der Waals surface area contributed by atoms with E-state index in [0.29, 0.717) is 23.6 Å². The molecule has 6 heteroatoms. The van der Waals surface area contributed by atoms with E-state index in [9.17, 15) is 9.59 Å². The topological polar surface area (TPSA) is 75.7 Å². The highest BCUT2D eigenvalue weighted by Gasteiger charge is 2.16. The second kappa shape index (κ2) is 7.09. The highest BCUT2D eigenvalue weighted by atomic mass is 16.3. The van der Waals surface area contributed by atoms with Crippen molar-refractivity contribution in [2.75, 3.05) is 12.4 Å². The number of hydrogen-bond acceptors (Lipinski definition) is 4. The van der Waals surface area contributed by atoms with Gasteiger partial charge in [-0.05, 0) is 48.9 Å². The Hall–Kier alpha value is -3.28. The number of hydrogen-bond donors (Lipinski definition) is 1. The fourth-order valence-electron chi connectivity index (χ4n) is 2.41. The third kappa shape index (κ3) is 3.80. The zero-order valence-electron chi connectivity index (χ0n) is 14.0. The minimum absolute atomic E-state index is 0.162. The Bertz CT molecular complexity index is 867. The fraction of sp³-hybridized carbons (Fsp3) is 0.158. The molecule has 0 atom stereocenters. The second-order valence-electron chi connectivity index (χ2n) is 5.70. The highest BCUT2D eigenvalue weighted by molar-refractivity contribution is 6.03. The van der Waals surface area contributed by atoms with E-state index in [4.69, 9.17) is 8.83 Å². The van der Waals surface area contributed by atoms with Crippen LogP contribution in [-0.2, 0) is 6.54 Å². The van der Waals surface area contributed by atoms with E-state index in [1.165, 1.54) is 6.26 Å². The molecular weight excluding hydrogens is 320 g/mol. The second-order valence-corrected chi connectivity index (χ2v) is 5.70. The standard InChI is InChI=1S/C19H18N2O4/c1-13-7-8-14(19(23)21(2)12-15-5-3-9-24-15)11-16(13)20-18(22)17-6-4-10-25-17/h3-11H,12H2,1-2H3,(H,20,22). The van der Waals surface area contributed by atoms with Crippen LogP contribution in [0.1, 0.15) is 32.2 Å². The van der Waals surface area contributed by atoms with Gasteiger partial charge < -0.3 is 19.1 Å². The Kier molecular flexibility index (Phi) is 4.70. The first-order chi connectivity index (χ1) is 12.0. The number of rotatable bonds is 5. The van der Waals surface area contributed by atoms with E-state index in [1.54, 1.807) is 54.6 Å². The van der Waals surface area contributed by atoms with Gasteiger partial charge in [0.15, 0.2) is 5.76 Å². The van der Waals surface area contributed by atoms with Crippen LogP contribution in [0.2, 0.25) is 0 Å². The minimum Gasteiger partial charge on any atom is -0.467 e. The number of aryl methyl sites for hydroxylation is 1. The predicted molar refractivity (Wildman–Crippen MR) is 92.3 cm³/mol. The molecule has 0 aliphatic carbocycles. The van der Waals surface area contributed by atoms with Crippen molar-refractivity contribution in [1.29, 1.82) is 0 Å². The number of carbonyl (C=O) groups is 2. The van der Waals surface area contributed by atoms with Gasteiger partial charge in [0.1, 0.15) is 5.76 Å². The van der Waals surface area contributed by atoms with Gasteiger partial charge in [-0.25, -0.2) is 0 Å². The summed E-state index contributed by atoms with van der Waals surface area (Å²) in [6, 6.07) is 12.0. The Labute approximate surface area is 145 Å². The lowest BCUT2D eigenvalue weighted by atomic mass is 10.1. The van der Waals surface area contributed by atoms with Crippen molar-refractivity contribution in [2.24, 2.45) is 0 Å². The molecule has 2 heterocycles. The van der Waals surface area contributed by atoms with Crippen LogP contribution in [0.5, 0.6) is 0 Å². The molecule has 0 aliphatic rings. The van der Waals surface area contributed by atoms with Gasteiger partial charge in [-0.15, -0.1) is 0 Å². The first kappa shape index (κ1) is 16.6. The molecule has 0 unspecified atom stereocenters. The van der Waals surface area contributed by atoms with Gasteiger partial charge in [0.05, 0.1) is 19.1 Å². The molecule has 0 fully saturated rings. The lowest BCUT2D eigenvalue weighted by Crippen LogP contribution is -2.26. The number of amides is 2. The van der Waals surface area contributed by atoms with Crippen molar-refractivity contribution in [1.82, 2.24) is 4.90 Å². The maximum atomic E-state index is 12.6. The van der Waals surface area contributed by atoms with Gasteiger partial charge in [0.2, 0.25) is 0 Å². The zero-order chi connectivity index (χ0) is 17.8. The molecule has 0 bridgehead atoms. The first-order valence-electron chi connectivity index (χ1n) is 7.78. The van der Waals surface area contributed by atoms with Crippen LogP contribution < -0.4 is 5.32 Å². The summed E-state index contributed by atoms with van der Waals surface area (Å²) in [5, 5.41) is 2.77. The van der Waals surface area contributed by atoms with E-state index in [-0.39, 0.29) is 17.6 Å². The molecule has 0 saturated heterocycles. The number of anilines is 1. The average molecular weight is 338 g/mol. The smallest absolute Gasteiger partial charge is 0.291 e. The van der Waals surface area contributed by atoms with Gasteiger partial charge in [0, 0.05) is 18.3 Å². The van der Waals surface area contributed by atoms with Crippen LogP contribution in [0.4, 0.5) is 5.69 Å². The van der Waals surface area contributed by atoms with E-state index < -0.39 is 0 Å². The minimum atomic E-state index is -0.360. The summed E-state index contributed by atoms with van der Waals surface area (Å²) in [5.74, 6) is 0.395. The van der Waals surface area contributed by atoms with Crippen LogP contribution in [0.15, 0.2) is 63.8 Å². The molecule has 3 rings (SSSR count). The fourth-order valence-corrected chi connectivity index (χ4v) is 2.41. The molecule has 1 aromatic carbocycles. The number of benzene rings is 1. The van der Waals surface area contributed by atoms with Gasteiger partial charge >= 0.3 is 0 Å². The Balaban J connectivity index is 1.76. The summed E-state index contributed by atoms with van der Waals surface area (Å²) in [4.78, 5) is 26.3. The Morgan fingerprint density at radius 2 is 1.84 bits per heavy atom. The average Bonchev–Trinajstić information content (AvgIpc) is 3.29. The normalized spacial score (nSPS) is 10.5. The van der Waals surface area contributed by atoms with Crippen LogP contribution in [-0.4, -0.2) is 23.8 Å². The van der Waals surface area contributed by atoms with Crippen molar-refractivity contribution >= 4 is 17.5 Å². The van der Waals surface area contributed by atoms with Gasteiger partial charge in [0.25, 0.3) is 11.8 Å². The summed E-state index contributed by atoms with van der Waals surface area (Å²) in [7, 11) is 1.70. The summed E-state index contributed by atoms with van der Waals surface area (Å²) in [6.07, 6.45) is 3.01. The quantitative estimate of drug-likeness (QED) is 0.769. The first-order valence-corrected chi connectivity index (χ1v) is 7.78. The predicted octanol–water partition coefficient (Wildman–Crippen LogP) is 3.71. The van der Waals surface area contributed by atoms with E-state index >= 15 is 0 Å². The number of furan rings is 2. The van der Waals surface area contributed by atoms with Gasteiger partial charge in [-0.3, -0.25) is 9.59 Å². The molecule has 0 saturated carbocycles. The van der Waals surface area contributed by atoms with Crippen molar-refractivity contribution in [3.8, 4) is 0 Å². The lowest BCUT2D eigenvalue weighted by molar-refractivity contribution is 0.0775. The van der Waals surface area contributed by atoms with Crippen molar-refractivity contribution < 1.29 is 18.4 Å². The maximum absolute atomic E-state index is 12.6. The lowest BCUT2D eigenvalue weighted by Gasteiger charge is -2.17. The van der Waals surface area contributed by atoms with Crippen LogP contribution in [0, 0.1) is 6.92 Å². The van der Waals surface area contributed by atoms with E-state index in [0.717, 1.165) is 5.56 Å². The summed E-state index contributed by atoms with van der Waals surface area (Å²) < 4.78 is 10.4. The van der Waals surface area contributed by atoms with Crippen LogP contribution >= 0.6 is 0 Å². The molecule has 2 amide bonds. The van der Waals surface area contributed by atoms with Crippen molar-refractivity contribution in [3.05, 3.63) is 77.6 Å². The molecule has 0 spiro atoms. The molecule has 6 nitrogen and oxygen atoms in total. The molecule has 0 radical (unpaired) electrons. The number of nitrogens with one attached hydrogen (secondary N) is 1. The zero-order valence-corrected chi connectivity index (χ0v) is 14.0. The van der Waals surface area contributed by atoms with E-state index in [2.05, 4.69) is 5.32 Å². The van der Waals surface area contributed by atoms with Crippen molar-refractivity contribution in [2.45, 2.75) is 13.5 Å². The highest BCUT2D eigenvalue weighted by Crippen LogP contribution is 2.20. The monoisotopic (exact) mass is 338 g/mol.